The van der Waals surface area contributed by atoms with Gasteiger partial charge in [-0.25, -0.2) is 0 Å². The number of anilines is 1. The van der Waals surface area contributed by atoms with E-state index in [1.165, 1.54) is 11.0 Å². The summed E-state index contributed by atoms with van der Waals surface area (Å²) in [6, 6.07) is 4.28. The van der Waals surface area contributed by atoms with Crippen LogP contribution in [0.1, 0.15) is 37.8 Å². The van der Waals surface area contributed by atoms with Gasteiger partial charge in [0.25, 0.3) is 5.91 Å². The minimum atomic E-state index is -1.17. The molecule has 200 valence electrons. The fraction of sp³-hybridized carbons (Fsp3) is 0.552. The molecule has 1 aromatic rings. The zero-order valence-corrected chi connectivity index (χ0v) is 22.2. The number of aliphatic hydroxyl groups excluding tert-OH is 1. The van der Waals surface area contributed by atoms with E-state index in [2.05, 4.69) is 13.2 Å². The third kappa shape index (κ3) is 4.30. The predicted octanol–water partition coefficient (Wildman–Crippen LogP) is 2.94. The van der Waals surface area contributed by atoms with Crippen LogP contribution < -0.4 is 4.90 Å². The molecule has 3 fully saturated rings. The molecule has 8 nitrogen and oxygen atoms in total. The first kappa shape index (κ1) is 27.1. The average molecular weight is 511 g/mol. The van der Waals surface area contributed by atoms with Gasteiger partial charge in [-0.2, -0.15) is 0 Å². The summed E-state index contributed by atoms with van der Waals surface area (Å²) in [5, 5.41) is 10.4. The van der Waals surface area contributed by atoms with Crippen LogP contribution in [0.2, 0.25) is 0 Å². The van der Waals surface area contributed by atoms with E-state index in [4.69, 9.17) is 9.47 Å². The van der Waals surface area contributed by atoms with Crippen LogP contribution in [0.4, 0.5) is 5.69 Å². The molecule has 0 aromatic heterocycles. The van der Waals surface area contributed by atoms with Crippen molar-refractivity contribution >= 4 is 23.5 Å². The van der Waals surface area contributed by atoms with Crippen LogP contribution in [-0.4, -0.2) is 71.3 Å². The number of benzene rings is 1. The molecular weight excluding hydrogens is 472 g/mol. The molecule has 3 saturated heterocycles. The highest BCUT2D eigenvalue weighted by Crippen LogP contribution is 2.59. The lowest BCUT2D eigenvalue weighted by atomic mass is 9.70. The van der Waals surface area contributed by atoms with E-state index in [9.17, 15) is 19.5 Å². The van der Waals surface area contributed by atoms with Gasteiger partial charge in [0.15, 0.2) is 0 Å². The molecule has 2 unspecified atom stereocenters. The third-order valence-corrected chi connectivity index (χ3v) is 8.13. The number of nitrogens with zero attached hydrogens (tertiary/aromatic N) is 2. The number of esters is 1. The lowest BCUT2D eigenvalue weighted by Gasteiger charge is -2.40. The number of fused-ring (bicyclic) bond motifs is 1. The first-order chi connectivity index (χ1) is 17.6. The molecule has 3 aliphatic rings. The van der Waals surface area contributed by atoms with Gasteiger partial charge in [-0.05, 0) is 49.8 Å². The molecule has 0 aliphatic carbocycles. The Bertz CT molecular complexity index is 1100. The number of aryl methyl sites for hydroxylation is 2. The van der Waals surface area contributed by atoms with E-state index >= 15 is 0 Å². The van der Waals surface area contributed by atoms with E-state index in [0.717, 1.165) is 16.8 Å². The number of carbonyl (C=O) groups is 3. The average Bonchev–Trinajstić information content (AvgIpc) is 3.50. The molecular formula is C29H38N2O6. The highest BCUT2D eigenvalue weighted by atomic mass is 16.6. The van der Waals surface area contributed by atoms with Gasteiger partial charge in [-0.3, -0.25) is 14.4 Å². The molecule has 4 rings (SSSR count). The number of rotatable bonds is 10. The van der Waals surface area contributed by atoms with E-state index < -0.39 is 41.6 Å². The molecule has 0 saturated carbocycles. The minimum absolute atomic E-state index is 0.0348. The van der Waals surface area contributed by atoms with Crippen molar-refractivity contribution in [3.63, 3.8) is 0 Å². The summed E-state index contributed by atoms with van der Waals surface area (Å²) in [6.45, 7) is 15.1. The number of hydrogen-bond donors (Lipinski definition) is 1. The van der Waals surface area contributed by atoms with Gasteiger partial charge < -0.3 is 24.4 Å². The van der Waals surface area contributed by atoms with Crippen molar-refractivity contribution in [1.29, 1.82) is 0 Å². The van der Waals surface area contributed by atoms with Gasteiger partial charge in [-0.15, -0.1) is 6.58 Å². The Kier molecular flexibility index (Phi) is 7.62. The first-order valence-electron chi connectivity index (χ1n) is 13.0. The second-order valence-electron chi connectivity index (χ2n) is 10.7. The summed E-state index contributed by atoms with van der Waals surface area (Å²) in [7, 11) is 0. The quantitative estimate of drug-likeness (QED) is 0.384. The Morgan fingerprint density at radius 3 is 2.65 bits per heavy atom. The van der Waals surface area contributed by atoms with E-state index in [1.807, 2.05) is 45.9 Å². The van der Waals surface area contributed by atoms with Crippen molar-refractivity contribution in [3.05, 3.63) is 54.6 Å². The summed E-state index contributed by atoms with van der Waals surface area (Å²) < 4.78 is 11.8. The SMILES string of the molecule is C=CCOC(=O)[C@@H]1[C@H]2C(=O)N([C@@H](CO)C(C)C)C(C(=O)N(CC=C)c3cc(C)ccc3C)C23CC[C@H]1O3. The summed E-state index contributed by atoms with van der Waals surface area (Å²) in [4.78, 5) is 44.9. The van der Waals surface area contributed by atoms with Crippen LogP contribution in [0.15, 0.2) is 43.5 Å². The number of likely N-dealkylation sites (tertiary alicyclic amines) is 1. The molecule has 6 atom stereocenters. The van der Waals surface area contributed by atoms with Crippen molar-refractivity contribution in [2.24, 2.45) is 17.8 Å². The molecule has 1 N–H and O–H groups in total. The van der Waals surface area contributed by atoms with Gasteiger partial charge in [0.1, 0.15) is 18.2 Å². The predicted molar refractivity (Wildman–Crippen MR) is 140 cm³/mol. The van der Waals surface area contributed by atoms with E-state index in [1.54, 1.807) is 11.0 Å². The Morgan fingerprint density at radius 1 is 1.30 bits per heavy atom. The maximum absolute atomic E-state index is 14.6. The standard InChI is InChI=1S/C29H38N2O6/c1-7-13-30(20-15-18(5)9-10-19(20)6)27(34)25-29-12-11-22(37-29)23(28(35)36-14-8-2)24(29)26(33)31(25)21(16-32)17(3)4/h7-10,15,17,21-25,32H,1-2,11-14,16H2,3-6H3/t21-,22+,23-,24-,25?,29?/m0/s1. The van der Waals surface area contributed by atoms with Crippen molar-refractivity contribution < 1.29 is 29.0 Å². The molecule has 3 aliphatic heterocycles. The number of ether oxygens (including phenoxy) is 2. The molecule has 0 radical (unpaired) electrons. The van der Waals surface area contributed by atoms with Crippen LogP contribution in [0.25, 0.3) is 0 Å². The molecule has 3 heterocycles. The Labute approximate surface area is 218 Å². The summed E-state index contributed by atoms with van der Waals surface area (Å²) in [6.07, 6.45) is 3.66. The van der Waals surface area contributed by atoms with Gasteiger partial charge in [-0.1, -0.05) is 44.7 Å². The zero-order chi connectivity index (χ0) is 27.1. The lowest BCUT2D eigenvalue weighted by molar-refractivity contribution is -0.155. The van der Waals surface area contributed by atoms with Crippen LogP contribution >= 0.6 is 0 Å². The van der Waals surface area contributed by atoms with Crippen LogP contribution in [0.3, 0.4) is 0 Å². The van der Waals surface area contributed by atoms with Crippen molar-refractivity contribution in [3.8, 4) is 0 Å². The number of amides is 2. The fourth-order valence-electron chi connectivity index (χ4n) is 6.45. The highest BCUT2D eigenvalue weighted by molar-refractivity contribution is 6.05. The molecule has 1 spiro atoms. The Hall–Kier alpha value is -2.97. The van der Waals surface area contributed by atoms with Crippen molar-refractivity contribution in [2.45, 2.75) is 64.3 Å². The third-order valence-electron chi connectivity index (χ3n) is 8.13. The number of aliphatic hydroxyl groups is 1. The monoisotopic (exact) mass is 510 g/mol. The first-order valence-corrected chi connectivity index (χ1v) is 13.0. The molecule has 1 aromatic carbocycles. The van der Waals surface area contributed by atoms with Gasteiger partial charge >= 0.3 is 5.97 Å². The number of hydrogen-bond acceptors (Lipinski definition) is 6. The molecule has 2 amide bonds. The summed E-state index contributed by atoms with van der Waals surface area (Å²) in [5.74, 6) is -2.94. The molecule has 2 bridgehead atoms. The smallest absolute Gasteiger partial charge is 0.312 e. The van der Waals surface area contributed by atoms with Gasteiger partial charge in [0.2, 0.25) is 5.91 Å². The largest absolute Gasteiger partial charge is 0.461 e. The second kappa shape index (κ2) is 10.4. The lowest BCUT2D eigenvalue weighted by Crippen LogP contribution is -2.60. The normalized spacial score (nSPS) is 28.8. The second-order valence-corrected chi connectivity index (χ2v) is 10.7. The van der Waals surface area contributed by atoms with Crippen molar-refractivity contribution in [2.75, 3.05) is 24.7 Å². The van der Waals surface area contributed by atoms with Crippen LogP contribution in [0, 0.1) is 31.6 Å². The minimum Gasteiger partial charge on any atom is -0.461 e. The van der Waals surface area contributed by atoms with E-state index in [-0.39, 0.29) is 37.5 Å². The Morgan fingerprint density at radius 2 is 2.03 bits per heavy atom. The Balaban J connectivity index is 1.84. The maximum atomic E-state index is 14.6. The zero-order valence-electron chi connectivity index (χ0n) is 22.2. The molecule has 8 heteroatoms. The van der Waals surface area contributed by atoms with Crippen molar-refractivity contribution in [1.82, 2.24) is 4.90 Å². The highest BCUT2D eigenvalue weighted by Gasteiger charge is 2.75. The van der Waals surface area contributed by atoms with Crippen LogP contribution in [-0.2, 0) is 23.9 Å². The van der Waals surface area contributed by atoms with E-state index in [0.29, 0.717) is 12.8 Å². The van der Waals surface area contributed by atoms with Gasteiger partial charge in [0.05, 0.1) is 30.6 Å². The van der Waals surface area contributed by atoms with Crippen LogP contribution in [0.5, 0.6) is 0 Å². The maximum Gasteiger partial charge on any atom is 0.312 e. The summed E-state index contributed by atoms with van der Waals surface area (Å²) >= 11 is 0. The summed E-state index contributed by atoms with van der Waals surface area (Å²) in [5.41, 5.74) is 1.47. The number of carbonyl (C=O) groups excluding carboxylic acids is 3. The molecule has 37 heavy (non-hydrogen) atoms. The topological polar surface area (TPSA) is 96.4 Å². The fourth-order valence-corrected chi connectivity index (χ4v) is 6.45. The van der Waals surface area contributed by atoms with Gasteiger partial charge in [0, 0.05) is 12.2 Å².